The van der Waals surface area contributed by atoms with E-state index in [1.165, 1.54) is 4.90 Å². The molecule has 1 N–H and O–H groups in total. The van der Waals surface area contributed by atoms with Gasteiger partial charge in [0.05, 0.1) is 12.8 Å². The molecule has 108 valence electrons. The van der Waals surface area contributed by atoms with Crippen LogP contribution in [0.25, 0.3) is 0 Å². The lowest BCUT2D eigenvalue weighted by Gasteiger charge is -2.09. The van der Waals surface area contributed by atoms with Crippen LogP contribution in [0.3, 0.4) is 0 Å². The average molecular weight is 291 g/mol. The monoisotopic (exact) mass is 291 g/mol. The van der Waals surface area contributed by atoms with Crippen molar-refractivity contribution in [3.63, 3.8) is 0 Å². The van der Waals surface area contributed by atoms with Gasteiger partial charge in [-0.25, -0.2) is 0 Å². The van der Waals surface area contributed by atoms with Crippen LogP contribution in [0.5, 0.6) is 5.75 Å². The van der Waals surface area contributed by atoms with E-state index >= 15 is 0 Å². The van der Waals surface area contributed by atoms with Crippen molar-refractivity contribution in [1.82, 2.24) is 5.32 Å². The average Bonchev–Trinajstić information content (AvgIpc) is 2.91. The Bertz CT molecular complexity index is 520. The Morgan fingerprint density at radius 2 is 1.95 bits per heavy atom. The fraction of sp³-hybridized carbons (Fsp3) is 0.375. The molecule has 0 amide bonds. The maximum absolute atomic E-state index is 5.80. The number of hydrogen-bond donors (Lipinski definition) is 1. The third-order valence-corrected chi connectivity index (χ3v) is 3.71. The van der Waals surface area contributed by atoms with Crippen molar-refractivity contribution >= 4 is 11.8 Å². The van der Waals surface area contributed by atoms with Crippen LogP contribution in [0.4, 0.5) is 0 Å². The van der Waals surface area contributed by atoms with Crippen molar-refractivity contribution in [1.29, 1.82) is 0 Å². The lowest BCUT2D eigenvalue weighted by atomic mass is 10.2. The molecule has 0 atom stereocenters. The van der Waals surface area contributed by atoms with Gasteiger partial charge in [-0.05, 0) is 36.6 Å². The molecule has 1 aromatic carbocycles. The van der Waals surface area contributed by atoms with Crippen LogP contribution in [0.15, 0.2) is 45.9 Å². The van der Waals surface area contributed by atoms with E-state index in [2.05, 4.69) is 37.6 Å². The SMILES string of the molecule is CSc1ccc(OCc2ccoc2CNC(C)C)cc1. The van der Waals surface area contributed by atoms with E-state index < -0.39 is 0 Å². The topological polar surface area (TPSA) is 34.4 Å². The lowest BCUT2D eigenvalue weighted by molar-refractivity contribution is 0.300. The largest absolute Gasteiger partial charge is 0.489 e. The van der Waals surface area contributed by atoms with Gasteiger partial charge in [-0.2, -0.15) is 0 Å². The number of ether oxygens (including phenoxy) is 1. The number of thioether (sulfide) groups is 1. The van der Waals surface area contributed by atoms with Crippen molar-refractivity contribution in [3.8, 4) is 5.75 Å². The molecule has 0 aliphatic rings. The van der Waals surface area contributed by atoms with Crippen LogP contribution in [0.1, 0.15) is 25.2 Å². The molecule has 0 bridgehead atoms. The molecule has 0 saturated carbocycles. The van der Waals surface area contributed by atoms with Crippen molar-refractivity contribution in [2.75, 3.05) is 6.26 Å². The summed E-state index contributed by atoms with van der Waals surface area (Å²) in [5.74, 6) is 1.83. The molecule has 0 spiro atoms. The van der Waals surface area contributed by atoms with E-state index in [-0.39, 0.29) is 0 Å². The second-order valence-electron chi connectivity index (χ2n) is 4.87. The molecule has 0 unspecified atom stereocenters. The van der Waals surface area contributed by atoms with Gasteiger partial charge in [-0.1, -0.05) is 13.8 Å². The third-order valence-electron chi connectivity index (χ3n) is 2.96. The number of nitrogens with one attached hydrogen (secondary N) is 1. The van der Waals surface area contributed by atoms with Gasteiger partial charge >= 0.3 is 0 Å². The maximum Gasteiger partial charge on any atom is 0.124 e. The predicted molar refractivity (Wildman–Crippen MR) is 83.2 cm³/mol. The molecule has 20 heavy (non-hydrogen) atoms. The third kappa shape index (κ3) is 4.32. The van der Waals surface area contributed by atoms with Crippen molar-refractivity contribution in [2.45, 2.75) is 37.9 Å². The zero-order valence-electron chi connectivity index (χ0n) is 12.2. The molecular formula is C16H21NO2S. The minimum atomic E-state index is 0.438. The van der Waals surface area contributed by atoms with E-state index in [0.29, 0.717) is 12.6 Å². The molecule has 0 fully saturated rings. The fourth-order valence-electron chi connectivity index (χ4n) is 1.78. The van der Waals surface area contributed by atoms with E-state index in [4.69, 9.17) is 9.15 Å². The Morgan fingerprint density at radius 1 is 1.20 bits per heavy atom. The zero-order chi connectivity index (χ0) is 14.4. The Labute approximate surface area is 124 Å². The predicted octanol–water partition coefficient (Wildman–Crippen LogP) is 4.08. The number of rotatable bonds is 7. The van der Waals surface area contributed by atoms with Crippen LogP contribution >= 0.6 is 11.8 Å². The zero-order valence-corrected chi connectivity index (χ0v) is 13.0. The molecular weight excluding hydrogens is 270 g/mol. The number of furan rings is 1. The summed E-state index contributed by atoms with van der Waals surface area (Å²) in [5, 5.41) is 3.35. The van der Waals surface area contributed by atoms with Crippen LogP contribution in [0.2, 0.25) is 0 Å². The summed E-state index contributed by atoms with van der Waals surface area (Å²) in [6, 6.07) is 10.5. The standard InChI is InChI=1S/C16H21NO2S/c1-12(2)17-10-16-13(8-9-18-16)11-19-14-4-6-15(20-3)7-5-14/h4-9,12,17H,10-11H2,1-3H3. The minimum Gasteiger partial charge on any atom is -0.489 e. The molecule has 2 aromatic rings. The normalized spacial score (nSPS) is 11.0. The van der Waals surface area contributed by atoms with Crippen molar-refractivity contribution in [3.05, 3.63) is 47.9 Å². The highest BCUT2D eigenvalue weighted by atomic mass is 32.2. The first-order valence-electron chi connectivity index (χ1n) is 6.74. The summed E-state index contributed by atoms with van der Waals surface area (Å²) in [5.41, 5.74) is 1.09. The summed E-state index contributed by atoms with van der Waals surface area (Å²) in [7, 11) is 0. The lowest BCUT2D eigenvalue weighted by Crippen LogP contribution is -2.22. The first-order chi connectivity index (χ1) is 9.69. The van der Waals surface area contributed by atoms with Gasteiger partial charge < -0.3 is 14.5 Å². The van der Waals surface area contributed by atoms with E-state index in [0.717, 1.165) is 23.6 Å². The van der Waals surface area contributed by atoms with Crippen LogP contribution in [-0.2, 0) is 13.2 Å². The molecule has 0 aliphatic carbocycles. The summed E-state index contributed by atoms with van der Waals surface area (Å²) in [6.45, 7) is 5.50. The Morgan fingerprint density at radius 3 is 2.60 bits per heavy atom. The molecule has 1 heterocycles. The van der Waals surface area contributed by atoms with Crippen LogP contribution < -0.4 is 10.1 Å². The fourth-order valence-corrected chi connectivity index (χ4v) is 2.19. The molecule has 3 nitrogen and oxygen atoms in total. The molecule has 1 aromatic heterocycles. The number of hydrogen-bond acceptors (Lipinski definition) is 4. The second-order valence-corrected chi connectivity index (χ2v) is 5.75. The van der Waals surface area contributed by atoms with Crippen LogP contribution in [-0.4, -0.2) is 12.3 Å². The van der Waals surface area contributed by atoms with E-state index in [1.807, 2.05) is 18.2 Å². The van der Waals surface area contributed by atoms with Gasteiger partial charge in [0.15, 0.2) is 0 Å². The summed E-state index contributed by atoms with van der Waals surface area (Å²) in [6.07, 6.45) is 3.78. The second kappa shape index (κ2) is 7.41. The molecule has 2 rings (SSSR count). The minimum absolute atomic E-state index is 0.438. The highest BCUT2D eigenvalue weighted by Gasteiger charge is 2.07. The molecule has 0 radical (unpaired) electrons. The quantitative estimate of drug-likeness (QED) is 0.780. The first kappa shape index (κ1) is 15.0. The van der Waals surface area contributed by atoms with Gasteiger partial charge in [0.1, 0.15) is 18.1 Å². The van der Waals surface area contributed by atoms with E-state index in [9.17, 15) is 0 Å². The Hall–Kier alpha value is -1.39. The summed E-state index contributed by atoms with van der Waals surface area (Å²) in [4.78, 5) is 1.24. The van der Waals surface area contributed by atoms with Gasteiger partial charge in [-0.15, -0.1) is 11.8 Å². The van der Waals surface area contributed by atoms with Crippen molar-refractivity contribution in [2.24, 2.45) is 0 Å². The Balaban J connectivity index is 1.91. The van der Waals surface area contributed by atoms with Gasteiger partial charge in [0.25, 0.3) is 0 Å². The van der Waals surface area contributed by atoms with Crippen molar-refractivity contribution < 1.29 is 9.15 Å². The molecule has 4 heteroatoms. The van der Waals surface area contributed by atoms with Gasteiger partial charge in [0, 0.05) is 16.5 Å². The maximum atomic E-state index is 5.80. The van der Waals surface area contributed by atoms with Gasteiger partial charge in [-0.3, -0.25) is 0 Å². The molecule has 0 aliphatic heterocycles. The summed E-state index contributed by atoms with van der Waals surface area (Å²) < 4.78 is 11.3. The van der Waals surface area contributed by atoms with Gasteiger partial charge in [0.2, 0.25) is 0 Å². The highest BCUT2D eigenvalue weighted by Crippen LogP contribution is 2.20. The smallest absolute Gasteiger partial charge is 0.124 e. The number of benzene rings is 1. The van der Waals surface area contributed by atoms with Crippen LogP contribution in [0, 0.1) is 0 Å². The Kier molecular flexibility index (Phi) is 5.56. The summed E-state index contributed by atoms with van der Waals surface area (Å²) >= 11 is 1.73. The highest BCUT2D eigenvalue weighted by molar-refractivity contribution is 7.98. The molecule has 0 saturated heterocycles. The first-order valence-corrected chi connectivity index (χ1v) is 7.97. The van der Waals surface area contributed by atoms with E-state index in [1.54, 1.807) is 18.0 Å².